The summed E-state index contributed by atoms with van der Waals surface area (Å²) in [5, 5.41) is 12.0. The third kappa shape index (κ3) is 10.1. The summed E-state index contributed by atoms with van der Waals surface area (Å²) >= 11 is 8.96. The minimum Gasteiger partial charge on any atom is -0.454 e. The molecule has 0 radical (unpaired) electrons. The van der Waals surface area contributed by atoms with Crippen LogP contribution in [0.1, 0.15) is 60.4 Å². The van der Waals surface area contributed by atoms with Crippen LogP contribution >= 0.6 is 34.7 Å². The zero-order valence-electron chi connectivity index (χ0n) is 36.8. The number of hydrogen-bond donors (Lipinski definition) is 2. The van der Waals surface area contributed by atoms with Gasteiger partial charge in [-0.15, -0.1) is 34.7 Å². The van der Waals surface area contributed by atoms with E-state index < -0.39 is 58.2 Å². The van der Waals surface area contributed by atoms with Crippen molar-refractivity contribution in [1.82, 2.24) is 15.2 Å². The number of alkyl halides is 1. The Kier molecular flexibility index (Phi) is 14.1. The van der Waals surface area contributed by atoms with Gasteiger partial charge in [0.1, 0.15) is 33.9 Å². The molecule has 0 saturated carbocycles. The van der Waals surface area contributed by atoms with Crippen molar-refractivity contribution in [1.29, 1.82) is 0 Å². The molecule has 0 aliphatic carbocycles. The third-order valence-corrected chi connectivity index (χ3v) is 13.3. The number of amides is 2. The van der Waals surface area contributed by atoms with Gasteiger partial charge in [0.15, 0.2) is 16.9 Å². The van der Waals surface area contributed by atoms with Crippen LogP contribution in [0.4, 0.5) is 5.13 Å². The molecule has 1 aromatic heterocycles. The fourth-order valence-electron chi connectivity index (χ4n) is 7.79. The Morgan fingerprint density at radius 2 is 1.33 bits per heavy atom. The molecule has 0 bridgehead atoms. The summed E-state index contributed by atoms with van der Waals surface area (Å²) in [5.74, 6) is -3.23. The normalized spacial score (nSPS) is 16.1. The van der Waals surface area contributed by atoms with Crippen LogP contribution in [0.5, 0.6) is 0 Å². The van der Waals surface area contributed by atoms with Gasteiger partial charge in [-0.2, -0.15) is 0 Å². The lowest BCUT2D eigenvalue weighted by Gasteiger charge is -2.49. The number of aromatic nitrogens is 1. The van der Waals surface area contributed by atoms with Crippen LogP contribution in [0.2, 0.25) is 0 Å². The second-order valence-electron chi connectivity index (χ2n) is 16.5. The molecule has 15 heteroatoms. The van der Waals surface area contributed by atoms with Crippen LogP contribution in [0, 0.1) is 0 Å². The van der Waals surface area contributed by atoms with Gasteiger partial charge in [-0.05, 0) is 60.7 Å². The number of nitrogens with zero attached hydrogens (tertiary/aromatic N) is 3. The molecule has 2 N–H and O–H groups in total. The predicted molar refractivity (Wildman–Crippen MR) is 261 cm³/mol. The number of esters is 2. The Balaban J connectivity index is 1.09. The second kappa shape index (κ2) is 20.3. The topological polar surface area (TPSA) is 149 Å². The highest BCUT2D eigenvalue weighted by Crippen LogP contribution is 2.43. The molecular formula is C52H46ClN5O7S2. The summed E-state index contributed by atoms with van der Waals surface area (Å²) in [4.78, 5) is 67.5. The van der Waals surface area contributed by atoms with Gasteiger partial charge in [0.25, 0.3) is 11.8 Å². The number of thioether (sulfide) groups is 1. The number of ether oxygens (including phenoxy) is 2. The molecule has 3 heterocycles. The number of halogens is 1. The molecule has 2 aliphatic rings. The van der Waals surface area contributed by atoms with Crippen molar-refractivity contribution in [3.63, 3.8) is 0 Å². The Morgan fingerprint density at radius 1 is 0.821 bits per heavy atom. The molecule has 8 rings (SSSR count). The SMILES string of the molecule is C=C(O/N=C(\C(=O)NC1C(=O)N2C(C(=O)OC(c3ccccc3)c3ccccc3)=C(CCl)CSC12)c1csc(NC(c2ccccc2)(c2ccccc2)c2ccccc2)n1)C(=O)OC(C)(C)C. The van der Waals surface area contributed by atoms with E-state index in [-0.39, 0.29) is 23.0 Å². The number of benzene rings is 5. The van der Waals surface area contributed by atoms with Gasteiger partial charge < -0.3 is 24.9 Å². The number of fused-ring (bicyclic) bond motifs is 1. The lowest BCUT2D eigenvalue weighted by atomic mass is 9.77. The van der Waals surface area contributed by atoms with Gasteiger partial charge in [-0.3, -0.25) is 14.5 Å². The van der Waals surface area contributed by atoms with Crippen molar-refractivity contribution < 1.29 is 33.5 Å². The van der Waals surface area contributed by atoms with Crippen molar-refractivity contribution >= 4 is 69.3 Å². The zero-order chi connectivity index (χ0) is 47.1. The van der Waals surface area contributed by atoms with Crippen molar-refractivity contribution in [2.24, 2.45) is 5.16 Å². The van der Waals surface area contributed by atoms with Crippen LogP contribution in [0.3, 0.4) is 0 Å². The average molecular weight is 953 g/mol. The predicted octanol–water partition coefficient (Wildman–Crippen LogP) is 9.35. The number of carbonyl (C=O) groups excluding carboxylic acids is 4. The van der Waals surface area contributed by atoms with Gasteiger partial charge in [0.2, 0.25) is 5.76 Å². The van der Waals surface area contributed by atoms with Gasteiger partial charge >= 0.3 is 11.9 Å². The molecule has 2 amide bonds. The van der Waals surface area contributed by atoms with Crippen molar-refractivity contribution in [2.75, 3.05) is 16.9 Å². The van der Waals surface area contributed by atoms with Gasteiger partial charge in [0.05, 0.1) is 0 Å². The van der Waals surface area contributed by atoms with Crippen LogP contribution in [0.25, 0.3) is 0 Å². The highest BCUT2D eigenvalue weighted by atomic mass is 35.5. The van der Waals surface area contributed by atoms with Crippen molar-refractivity contribution in [3.05, 3.63) is 214 Å². The number of anilines is 1. The van der Waals surface area contributed by atoms with Crippen LogP contribution in [-0.4, -0.2) is 68.0 Å². The first kappa shape index (κ1) is 46.5. The van der Waals surface area contributed by atoms with E-state index >= 15 is 0 Å². The maximum absolute atomic E-state index is 14.5. The minimum atomic E-state index is -1.10. The number of β-lactam (4-membered cyclic amide) rings is 1. The van der Waals surface area contributed by atoms with Crippen LogP contribution in [-0.2, 0) is 39.0 Å². The fourth-order valence-corrected chi connectivity index (χ4v) is 10.2. The summed E-state index contributed by atoms with van der Waals surface area (Å²) in [6.07, 6.45) is -0.774. The van der Waals surface area contributed by atoms with Crippen LogP contribution in [0.15, 0.2) is 186 Å². The Morgan fingerprint density at radius 3 is 1.82 bits per heavy atom. The van der Waals surface area contributed by atoms with E-state index in [1.54, 1.807) is 26.2 Å². The van der Waals surface area contributed by atoms with E-state index in [1.165, 1.54) is 28.0 Å². The van der Waals surface area contributed by atoms with Crippen molar-refractivity contribution in [2.45, 2.75) is 49.4 Å². The van der Waals surface area contributed by atoms with E-state index in [9.17, 15) is 19.2 Å². The molecule has 340 valence electrons. The van der Waals surface area contributed by atoms with E-state index in [4.69, 9.17) is 30.9 Å². The monoisotopic (exact) mass is 951 g/mol. The first-order valence-electron chi connectivity index (χ1n) is 21.3. The molecule has 1 saturated heterocycles. The van der Waals surface area contributed by atoms with Crippen LogP contribution < -0.4 is 10.6 Å². The van der Waals surface area contributed by atoms with Gasteiger partial charge in [0, 0.05) is 17.0 Å². The molecular weight excluding hydrogens is 906 g/mol. The van der Waals surface area contributed by atoms with E-state index in [0.717, 1.165) is 27.8 Å². The Labute approximate surface area is 401 Å². The number of oxime groups is 1. The highest BCUT2D eigenvalue weighted by molar-refractivity contribution is 8.00. The third-order valence-electron chi connectivity index (χ3n) is 10.9. The molecule has 2 atom stereocenters. The molecule has 2 unspecified atom stereocenters. The highest BCUT2D eigenvalue weighted by Gasteiger charge is 2.55. The maximum Gasteiger partial charge on any atom is 0.376 e. The first-order chi connectivity index (χ1) is 32.4. The minimum absolute atomic E-state index is 0.0255. The first-order valence-corrected chi connectivity index (χ1v) is 23.8. The molecule has 6 aromatic rings. The van der Waals surface area contributed by atoms with Gasteiger partial charge in [-0.1, -0.05) is 157 Å². The number of rotatable bonds is 16. The lowest BCUT2D eigenvalue weighted by molar-refractivity contribution is -0.154. The summed E-state index contributed by atoms with van der Waals surface area (Å²) < 4.78 is 11.6. The molecule has 5 aromatic carbocycles. The molecule has 2 aliphatic heterocycles. The molecule has 12 nitrogen and oxygen atoms in total. The number of hydrogen-bond acceptors (Lipinski definition) is 12. The number of carbonyl (C=O) groups is 4. The standard InChI is InChI=1S/C52H46ClN5O7S2/c1-33(48(61)64-51(2,3)4)65-57-41(40-32-67-50(54-40)56-52(37-24-14-7-15-25-37,38-26-16-8-17-27-38)39-28-18-9-19-29-39)45(59)55-42-46(60)58-43(36(30-53)31-66-47(42)58)49(62)63-44(34-20-10-5-11-21-34)35-22-12-6-13-23-35/h5-29,32,42,44,47H,1,30-31H2,2-4H3,(H,54,56)(H,55,59)/b57-41-. The van der Waals surface area contributed by atoms with Gasteiger partial charge in [-0.25, -0.2) is 14.6 Å². The van der Waals surface area contributed by atoms with E-state index in [1.807, 2.05) is 152 Å². The summed E-state index contributed by atoms with van der Waals surface area (Å²) in [6.45, 7) is 8.75. The number of thiazole rings is 1. The smallest absolute Gasteiger partial charge is 0.376 e. The number of nitrogens with one attached hydrogen (secondary N) is 2. The Hall–Kier alpha value is -7.00. The quantitative estimate of drug-likeness (QED) is 0.0141. The average Bonchev–Trinajstić information content (AvgIpc) is 3.82. The largest absolute Gasteiger partial charge is 0.454 e. The summed E-state index contributed by atoms with van der Waals surface area (Å²) in [5.41, 5.74) is 2.72. The maximum atomic E-state index is 14.5. The van der Waals surface area contributed by atoms with E-state index in [2.05, 4.69) is 22.4 Å². The second-order valence-corrected chi connectivity index (χ2v) is 18.8. The molecule has 0 spiro atoms. The molecule has 1 fully saturated rings. The Bertz CT molecular complexity index is 2680. The molecule has 67 heavy (non-hydrogen) atoms. The summed E-state index contributed by atoms with van der Waals surface area (Å²) in [6, 6.07) is 47.3. The van der Waals surface area contributed by atoms with Crippen molar-refractivity contribution in [3.8, 4) is 0 Å². The zero-order valence-corrected chi connectivity index (χ0v) is 39.1. The summed E-state index contributed by atoms with van der Waals surface area (Å²) in [7, 11) is 0. The fraction of sp³-hybridized carbons (Fsp3) is 0.192. The van der Waals surface area contributed by atoms with E-state index in [0.29, 0.717) is 16.5 Å². The lowest BCUT2D eigenvalue weighted by Crippen LogP contribution is -2.71.